The van der Waals surface area contributed by atoms with E-state index in [2.05, 4.69) is 23.5 Å². The lowest BCUT2D eigenvalue weighted by molar-refractivity contribution is -0.123. The molecule has 186 valence electrons. The topological polar surface area (TPSA) is 82.1 Å². The van der Waals surface area contributed by atoms with Crippen LogP contribution in [0, 0.1) is 5.92 Å². The third-order valence-electron chi connectivity index (χ3n) is 7.52. The number of carbonyl (C=O) groups excluding carboxylic acids is 2. The Kier molecular flexibility index (Phi) is 7.07. The fraction of sp³-hybridized carbons (Fsp3) is 0.500. The van der Waals surface area contributed by atoms with Crippen LogP contribution in [-0.4, -0.2) is 56.3 Å². The van der Waals surface area contributed by atoms with Crippen molar-refractivity contribution in [2.75, 3.05) is 43.2 Å². The maximum Gasteiger partial charge on any atom is 0.232 e. The van der Waals surface area contributed by atoms with Crippen LogP contribution in [0.2, 0.25) is 0 Å². The minimum absolute atomic E-state index is 0.0573. The van der Waals surface area contributed by atoms with Crippen molar-refractivity contribution < 1.29 is 19.4 Å². The molecule has 0 bridgehead atoms. The highest BCUT2D eigenvalue weighted by molar-refractivity contribution is 6.00. The maximum atomic E-state index is 14.1. The molecule has 2 aliphatic heterocycles. The third kappa shape index (κ3) is 5.07. The Morgan fingerprint density at radius 1 is 1.17 bits per heavy atom. The van der Waals surface area contributed by atoms with Gasteiger partial charge in [-0.25, -0.2) is 0 Å². The lowest BCUT2D eigenvalue weighted by Gasteiger charge is -2.36. The van der Waals surface area contributed by atoms with E-state index in [4.69, 9.17) is 4.74 Å². The molecule has 2 N–H and O–H groups in total. The van der Waals surface area contributed by atoms with Crippen LogP contribution in [0.4, 0.5) is 11.4 Å². The zero-order valence-corrected chi connectivity index (χ0v) is 20.4. The van der Waals surface area contributed by atoms with Crippen molar-refractivity contribution in [1.29, 1.82) is 0 Å². The van der Waals surface area contributed by atoms with Gasteiger partial charge in [0, 0.05) is 50.6 Å². The molecule has 0 radical (unpaired) electrons. The van der Waals surface area contributed by atoms with Crippen molar-refractivity contribution in [3.05, 3.63) is 53.6 Å². The number of carbonyl (C=O) groups is 2. The van der Waals surface area contributed by atoms with Crippen LogP contribution in [0.15, 0.2) is 42.5 Å². The molecule has 7 heteroatoms. The summed E-state index contributed by atoms with van der Waals surface area (Å²) in [6.07, 6.45) is 4.87. The molecule has 0 spiro atoms. The molecule has 1 saturated carbocycles. The molecule has 2 fully saturated rings. The maximum absolute atomic E-state index is 14.1. The van der Waals surface area contributed by atoms with Crippen molar-refractivity contribution in [1.82, 2.24) is 5.32 Å². The van der Waals surface area contributed by atoms with Gasteiger partial charge in [0.2, 0.25) is 11.8 Å². The highest BCUT2D eigenvalue weighted by Gasteiger charge is 2.41. The molecule has 1 aliphatic carbocycles. The second-order valence-electron chi connectivity index (χ2n) is 9.94. The fourth-order valence-corrected chi connectivity index (χ4v) is 5.59. The van der Waals surface area contributed by atoms with E-state index in [0.717, 1.165) is 61.2 Å². The number of amides is 2. The lowest BCUT2D eigenvalue weighted by atomic mass is 9.80. The summed E-state index contributed by atoms with van der Waals surface area (Å²) >= 11 is 0. The summed E-state index contributed by atoms with van der Waals surface area (Å²) in [5, 5.41) is 13.5. The van der Waals surface area contributed by atoms with Gasteiger partial charge in [-0.3, -0.25) is 9.59 Å². The Morgan fingerprint density at radius 3 is 2.80 bits per heavy atom. The van der Waals surface area contributed by atoms with Crippen molar-refractivity contribution in [2.45, 2.75) is 50.5 Å². The number of nitrogens with zero attached hydrogens (tertiary/aromatic N) is 2. The van der Waals surface area contributed by atoms with E-state index in [1.54, 1.807) is 19.2 Å². The summed E-state index contributed by atoms with van der Waals surface area (Å²) in [4.78, 5) is 30.7. The number of hydrogen-bond donors (Lipinski definition) is 2. The molecule has 0 unspecified atom stereocenters. The Hall–Kier alpha value is -2.90. The van der Waals surface area contributed by atoms with Gasteiger partial charge in [-0.1, -0.05) is 18.2 Å². The largest absolute Gasteiger partial charge is 0.508 e. The number of nitrogens with one attached hydrogen (secondary N) is 1. The number of rotatable bonds is 8. The molecule has 5 rings (SSSR count). The highest BCUT2D eigenvalue weighted by Crippen LogP contribution is 2.40. The molecule has 2 aromatic rings. The Labute approximate surface area is 207 Å². The minimum atomic E-state index is -0.207. The third-order valence-corrected chi connectivity index (χ3v) is 7.52. The van der Waals surface area contributed by atoms with Crippen molar-refractivity contribution in [2.24, 2.45) is 5.92 Å². The molecular formula is C28H35N3O4. The van der Waals surface area contributed by atoms with Gasteiger partial charge in [0.25, 0.3) is 0 Å². The summed E-state index contributed by atoms with van der Waals surface area (Å²) in [7, 11) is 1.67. The molecular weight excluding hydrogens is 442 g/mol. The van der Waals surface area contributed by atoms with Gasteiger partial charge in [0.05, 0.1) is 5.92 Å². The van der Waals surface area contributed by atoms with Crippen LogP contribution in [0.5, 0.6) is 5.75 Å². The zero-order valence-electron chi connectivity index (χ0n) is 20.4. The first-order chi connectivity index (χ1) is 17.1. The van der Waals surface area contributed by atoms with Crippen molar-refractivity contribution >= 4 is 23.2 Å². The number of hydrogen-bond acceptors (Lipinski definition) is 5. The Balaban J connectivity index is 1.45. The van der Waals surface area contributed by atoms with Gasteiger partial charge >= 0.3 is 0 Å². The normalized spacial score (nSPS) is 22.1. The summed E-state index contributed by atoms with van der Waals surface area (Å²) in [5.41, 5.74) is 3.98. The van der Waals surface area contributed by atoms with E-state index in [0.29, 0.717) is 26.1 Å². The van der Waals surface area contributed by atoms with E-state index >= 15 is 0 Å². The smallest absolute Gasteiger partial charge is 0.232 e. The standard InChI is InChI=1S/C28H35N3O4/c1-35-15-3-14-30-26-17-22(8-6-19(26)7-11-27(30)33)31(21-9-10-21)28(34)25-18-29-13-12-24(25)20-4-2-5-23(32)16-20/h2,4-6,8,16-17,21,24-25,29,32H,3,7,9-15,18H2,1H3/t24-,25+/m1/s1. The van der Waals surface area contributed by atoms with Crippen LogP contribution < -0.4 is 15.1 Å². The minimum Gasteiger partial charge on any atom is -0.508 e. The van der Waals surface area contributed by atoms with Crippen LogP contribution in [0.1, 0.15) is 49.1 Å². The van der Waals surface area contributed by atoms with Gasteiger partial charge in [-0.15, -0.1) is 0 Å². The first-order valence-corrected chi connectivity index (χ1v) is 12.8. The molecule has 2 heterocycles. The predicted octanol–water partition coefficient (Wildman–Crippen LogP) is 3.60. The molecule has 2 atom stereocenters. The molecule has 2 aromatic carbocycles. The van der Waals surface area contributed by atoms with E-state index < -0.39 is 0 Å². The Bertz CT molecular complexity index is 1080. The number of aromatic hydroxyl groups is 1. The zero-order chi connectivity index (χ0) is 24.4. The van der Waals surface area contributed by atoms with Crippen molar-refractivity contribution in [3.63, 3.8) is 0 Å². The number of phenolic OH excluding ortho intramolecular Hbond substituents is 1. The van der Waals surface area contributed by atoms with E-state index in [1.807, 2.05) is 21.9 Å². The summed E-state index contributed by atoms with van der Waals surface area (Å²) < 4.78 is 5.20. The average Bonchev–Trinajstić information content (AvgIpc) is 3.71. The summed E-state index contributed by atoms with van der Waals surface area (Å²) in [5.74, 6) is 0.346. The molecule has 0 aromatic heterocycles. The first kappa shape index (κ1) is 23.8. The number of methoxy groups -OCH3 is 1. The van der Waals surface area contributed by atoms with Crippen LogP contribution in [0.3, 0.4) is 0 Å². The predicted molar refractivity (Wildman–Crippen MR) is 136 cm³/mol. The summed E-state index contributed by atoms with van der Waals surface area (Å²) in [6.45, 7) is 2.70. The molecule has 7 nitrogen and oxygen atoms in total. The lowest BCUT2D eigenvalue weighted by Crippen LogP contribution is -2.47. The first-order valence-electron chi connectivity index (χ1n) is 12.8. The van der Waals surface area contributed by atoms with Crippen LogP contribution >= 0.6 is 0 Å². The second-order valence-corrected chi connectivity index (χ2v) is 9.94. The average molecular weight is 478 g/mol. The molecule has 35 heavy (non-hydrogen) atoms. The van der Waals surface area contributed by atoms with Gasteiger partial charge in [-0.05, 0) is 80.0 Å². The molecule has 2 amide bonds. The van der Waals surface area contributed by atoms with Crippen LogP contribution in [0.25, 0.3) is 0 Å². The van der Waals surface area contributed by atoms with E-state index in [1.165, 1.54) is 0 Å². The number of phenols is 1. The highest BCUT2D eigenvalue weighted by atomic mass is 16.5. The number of aryl methyl sites for hydroxylation is 1. The van der Waals surface area contributed by atoms with Crippen LogP contribution in [-0.2, 0) is 20.7 Å². The second kappa shape index (κ2) is 10.4. The van der Waals surface area contributed by atoms with Gasteiger partial charge < -0.3 is 25.0 Å². The number of ether oxygens (including phenoxy) is 1. The molecule has 3 aliphatic rings. The van der Waals surface area contributed by atoms with Gasteiger partial charge in [0.15, 0.2) is 0 Å². The van der Waals surface area contributed by atoms with E-state index in [9.17, 15) is 14.7 Å². The van der Waals surface area contributed by atoms with Gasteiger partial charge in [-0.2, -0.15) is 0 Å². The van der Waals surface area contributed by atoms with Crippen molar-refractivity contribution in [3.8, 4) is 5.75 Å². The number of anilines is 2. The quantitative estimate of drug-likeness (QED) is 0.568. The van der Waals surface area contributed by atoms with Gasteiger partial charge in [0.1, 0.15) is 5.75 Å². The molecule has 1 saturated heterocycles. The number of fused-ring (bicyclic) bond motifs is 1. The SMILES string of the molecule is COCCCN1C(=O)CCc2ccc(N(C(=O)[C@H]3CNCC[C@@H]3c3cccc(O)c3)C3CC3)cc21. The van der Waals surface area contributed by atoms with E-state index in [-0.39, 0.29) is 35.4 Å². The monoisotopic (exact) mass is 477 g/mol. The number of benzene rings is 2. The number of piperidine rings is 1. The Morgan fingerprint density at radius 2 is 2.03 bits per heavy atom. The fourth-order valence-electron chi connectivity index (χ4n) is 5.59. The summed E-state index contributed by atoms with van der Waals surface area (Å²) in [6, 6.07) is 13.7.